The van der Waals surface area contributed by atoms with Crippen molar-refractivity contribution in [3.63, 3.8) is 0 Å². The number of aryl methyl sites for hydroxylation is 1. The van der Waals surface area contributed by atoms with E-state index in [0.29, 0.717) is 0 Å². The van der Waals surface area contributed by atoms with Gasteiger partial charge in [-0.05, 0) is 13.8 Å². The molecular formula is C9H14N2O. The highest BCUT2D eigenvalue weighted by molar-refractivity contribution is 5.54. The molecule has 0 saturated carbocycles. The number of ether oxygens (including phenoxy) is 1. The van der Waals surface area contributed by atoms with Crippen molar-refractivity contribution in [2.24, 2.45) is 7.05 Å². The first-order valence-electron chi connectivity index (χ1n) is 4.17. The number of aromatic nitrogens is 1. The summed E-state index contributed by atoms with van der Waals surface area (Å²) in [5.41, 5.74) is -0.0889. The van der Waals surface area contributed by atoms with Crippen LogP contribution in [0.4, 0.5) is 5.82 Å². The second-order valence-corrected chi connectivity index (χ2v) is 3.85. The Bertz CT molecular complexity index is 301. The van der Waals surface area contributed by atoms with Crippen LogP contribution in [0.5, 0.6) is 5.75 Å². The molecule has 1 aliphatic rings. The molecule has 0 aromatic carbocycles. The van der Waals surface area contributed by atoms with Crippen LogP contribution in [0.25, 0.3) is 0 Å². The molecule has 0 radical (unpaired) electrons. The summed E-state index contributed by atoms with van der Waals surface area (Å²) in [4.78, 5) is 0. The van der Waals surface area contributed by atoms with Crippen LogP contribution in [0.15, 0.2) is 12.3 Å². The largest absolute Gasteiger partial charge is 0.482 e. The Hall–Kier alpha value is -1.12. The van der Waals surface area contributed by atoms with Crippen molar-refractivity contribution in [3.05, 3.63) is 12.3 Å². The first-order chi connectivity index (χ1) is 5.58. The highest BCUT2D eigenvalue weighted by Gasteiger charge is 2.27. The molecule has 0 aliphatic carbocycles. The topological polar surface area (TPSA) is 26.2 Å². The van der Waals surface area contributed by atoms with Gasteiger partial charge in [0.05, 0.1) is 6.54 Å². The molecule has 0 unspecified atom stereocenters. The van der Waals surface area contributed by atoms with Gasteiger partial charge in [-0.15, -0.1) is 0 Å². The second-order valence-electron chi connectivity index (χ2n) is 3.85. The predicted molar refractivity (Wildman–Crippen MR) is 48.6 cm³/mol. The fraction of sp³-hybridized carbons (Fsp3) is 0.556. The lowest BCUT2D eigenvalue weighted by Gasteiger charge is -2.32. The van der Waals surface area contributed by atoms with Gasteiger partial charge in [0.2, 0.25) is 0 Å². The average Bonchev–Trinajstić information content (AvgIpc) is 2.30. The lowest BCUT2D eigenvalue weighted by Crippen LogP contribution is -2.40. The summed E-state index contributed by atoms with van der Waals surface area (Å²) in [5, 5.41) is 3.34. The lowest BCUT2D eigenvalue weighted by atomic mass is 10.1. The molecule has 1 aromatic rings. The third-order valence-corrected chi connectivity index (χ3v) is 2.10. The minimum absolute atomic E-state index is 0.0889. The fourth-order valence-corrected chi connectivity index (χ4v) is 1.43. The summed E-state index contributed by atoms with van der Waals surface area (Å²) in [7, 11) is 2.01. The van der Waals surface area contributed by atoms with Gasteiger partial charge >= 0.3 is 0 Å². The molecule has 1 N–H and O–H groups in total. The van der Waals surface area contributed by atoms with Gasteiger partial charge in [0.25, 0.3) is 0 Å². The molecule has 0 fully saturated rings. The van der Waals surface area contributed by atoms with E-state index in [9.17, 15) is 0 Å². The van der Waals surface area contributed by atoms with E-state index in [0.717, 1.165) is 18.1 Å². The summed E-state index contributed by atoms with van der Waals surface area (Å²) < 4.78 is 7.79. The molecule has 12 heavy (non-hydrogen) atoms. The maximum atomic E-state index is 5.76. The number of rotatable bonds is 0. The number of fused-ring (bicyclic) bond motifs is 1. The minimum atomic E-state index is -0.0889. The van der Waals surface area contributed by atoms with Crippen LogP contribution in [-0.4, -0.2) is 16.7 Å². The summed E-state index contributed by atoms with van der Waals surface area (Å²) >= 11 is 0. The van der Waals surface area contributed by atoms with E-state index in [2.05, 4.69) is 19.2 Å². The Labute approximate surface area is 72.3 Å². The fourth-order valence-electron chi connectivity index (χ4n) is 1.43. The van der Waals surface area contributed by atoms with Crippen LogP contribution in [-0.2, 0) is 7.05 Å². The van der Waals surface area contributed by atoms with E-state index in [4.69, 9.17) is 4.74 Å². The zero-order valence-electron chi connectivity index (χ0n) is 7.72. The van der Waals surface area contributed by atoms with Crippen LogP contribution in [0.1, 0.15) is 13.8 Å². The molecule has 0 spiro atoms. The molecule has 0 saturated heterocycles. The molecule has 0 amide bonds. The van der Waals surface area contributed by atoms with Crippen molar-refractivity contribution in [3.8, 4) is 5.75 Å². The van der Waals surface area contributed by atoms with E-state index in [1.165, 1.54) is 0 Å². The van der Waals surface area contributed by atoms with Crippen LogP contribution in [0, 0.1) is 0 Å². The predicted octanol–water partition coefficient (Wildman–Crippen LogP) is 1.61. The second kappa shape index (κ2) is 2.19. The highest BCUT2D eigenvalue weighted by atomic mass is 16.5. The molecule has 2 rings (SSSR count). The standard InChI is InChI=1S/C9H14N2O/c1-9(2)6-10-8-7(12-9)4-5-11(8)3/h4-5,10H,6H2,1-3H3. The Morgan fingerprint density at radius 2 is 2.33 bits per heavy atom. The maximum Gasteiger partial charge on any atom is 0.162 e. The van der Waals surface area contributed by atoms with Crippen LogP contribution in [0.3, 0.4) is 0 Å². The van der Waals surface area contributed by atoms with Crippen LogP contribution < -0.4 is 10.1 Å². The molecule has 0 atom stereocenters. The Balaban J connectivity index is 2.37. The summed E-state index contributed by atoms with van der Waals surface area (Å²) in [6.45, 7) is 5.02. The number of hydrogen-bond acceptors (Lipinski definition) is 2. The van der Waals surface area contributed by atoms with E-state index in [1.54, 1.807) is 0 Å². The smallest absolute Gasteiger partial charge is 0.162 e. The lowest BCUT2D eigenvalue weighted by molar-refractivity contribution is 0.116. The van der Waals surface area contributed by atoms with Crippen LogP contribution >= 0.6 is 0 Å². The van der Waals surface area contributed by atoms with Crippen LogP contribution in [0.2, 0.25) is 0 Å². The SMILES string of the molecule is Cn1ccc2c1NCC(C)(C)O2. The van der Waals surface area contributed by atoms with Crippen molar-refractivity contribution in [1.82, 2.24) is 4.57 Å². The number of nitrogens with one attached hydrogen (secondary N) is 1. The maximum absolute atomic E-state index is 5.76. The van der Waals surface area contributed by atoms with Gasteiger partial charge < -0.3 is 14.6 Å². The van der Waals surface area contributed by atoms with Crippen molar-refractivity contribution < 1.29 is 4.74 Å². The van der Waals surface area contributed by atoms with Gasteiger partial charge in [0.1, 0.15) is 11.4 Å². The van der Waals surface area contributed by atoms with Gasteiger partial charge in [-0.1, -0.05) is 0 Å². The van der Waals surface area contributed by atoms with Crippen molar-refractivity contribution in [2.75, 3.05) is 11.9 Å². The van der Waals surface area contributed by atoms with E-state index in [1.807, 2.05) is 23.9 Å². The Morgan fingerprint density at radius 1 is 1.58 bits per heavy atom. The van der Waals surface area contributed by atoms with Gasteiger partial charge in [0, 0.05) is 19.3 Å². The molecule has 3 nitrogen and oxygen atoms in total. The Kier molecular flexibility index (Phi) is 1.37. The molecular weight excluding hydrogens is 152 g/mol. The molecule has 0 bridgehead atoms. The molecule has 66 valence electrons. The van der Waals surface area contributed by atoms with E-state index < -0.39 is 0 Å². The normalized spacial score (nSPS) is 19.2. The summed E-state index contributed by atoms with van der Waals surface area (Å²) in [6, 6.07) is 1.99. The first-order valence-corrected chi connectivity index (χ1v) is 4.17. The summed E-state index contributed by atoms with van der Waals surface area (Å²) in [5.74, 6) is 2.03. The first kappa shape index (κ1) is 7.53. The average molecular weight is 166 g/mol. The molecule has 1 aliphatic heterocycles. The van der Waals surface area contributed by atoms with Crippen molar-refractivity contribution >= 4 is 5.82 Å². The highest BCUT2D eigenvalue weighted by Crippen LogP contribution is 2.32. The zero-order valence-corrected chi connectivity index (χ0v) is 7.72. The monoisotopic (exact) mass is 166 g/mol. The zero-order chi connectivity index (χ0) is 8.77. The minimum Gasteiger partial charge on any atom is -0.482 e. The Morgan fingerprint density at radius 3 is 3.08 bits per heavy atom. The summed E-state index contributed by atoms with van der Waals surface area (Å²) in [6.07, 6.45) is 2.00. The number of anilines is 1. The molecule has 3 heteroatoms. The number of hydrogen-bond donors (Lipinski definition) is 1. The molecule has 1 aromatic heterocycles. The van der Waals surface area contributed by atoms with Gasteiger partial charge in [-0.25, -0.2) is 0 Å². The third kappa shape index (κ3) is 1.05. The number of nitrogens with zero attached hydrogens (tertiary/aromatic N) is 1. The van der Waals surface area contributed by atoms with Crippen molar-refractivity contribution in [1.29, 1.82) is 0 Å². The van der Waals surface area contributed by atoms with Gasteiger partial charge in [0.15, 0.2) is 5.75 Å². The third-order valence-electron chi connectivity index (χ3n) is 2.10. The quantitative estimate of drug-likeness (QED) is 0.633. The van der Waals surface area contributed by atoms with E-state index >= 15 is 0 Å². The van der Waals surface area contributed by atoms with E-state index in [-0.39, 0.29) is 5.60 Å². The van der Waals surface area contributed by atoms with Crippen molar-refractivity contribution in [2.45, 2.75) is 19.4 Å². The van der Waals surface area contributed by atoms with Gasteiger partial charge in [-0.2, -0.15) is 0 Å². The van der Waals surface area contributed by atoms with Gasteiger partial charge in [-0.3, -0.25) is 0 Å². The molecule has 2 heterocycles.